The van der Waals surface area contributed by atoms with E-state index in [0.29, 0.717) is 11.8 Å². The van der Waals surface area contributed by atoms with Gasteiger partial charge >= 0.3 is 0 Å². The van der Waals surface area contributed by atoms with E-state index >= 15 is 0 Å². The monoisotopic (exact) mass is 370 g/mol. The molecule has 0 radical (unpaired) electrons. The van der Waals surface area contributed by atoms with Gasteiger partial charge in [-0.05, 0) is 55.2 Å². The van der Waals surface area contributed by atoms with Gasteiger partial charge in [-0.25, -0.2) is 0 Å². The van der Waals surface area contributed by atoms with Gasteiger partial charge < -0.3 is 10.6 Å². The summed E-state index contributed by atoms with van der Waals surface area (Å²) < 4.78 is 0. The Hall–Kier alpha value is -0.770. The second kappa shape index (κ2) is 9.07. The summed E-state index contributed by atoms with van der Waals surface area (Å²) in [5, 5.41) is 0.778. The number of rotatable bonds is 3. The third-order valence-corrected chi connectivity index (χ3v) is 5.84. The van der Waals surface area contributed by atoms with Crippen LogP contribution in [0.1, 0.15) is 56.4 Å². The van der Waals surface area contributed by atoms with Crippen molar-refractivity contribution in [2.45, 2.75) is 56.9 Å². The van der Waals surface area contributed by atoms with E-state index in [-0.39, 0.29) is 24.4 Å². The van der Waals surface area contributed by atoms with E-state index in [1.54, 1.807) is 0 Å². The van der Waals surface area contributed by atoms with E-state index < -0.39 is 0 Å². The molecule has 0 bridgehead atoms. The first kappa shape index (κ1) is 19.6. The molecule has 5 heteroatoms. The average molecular weight is 371 g/mol. The van der Waals surface area contributed by atoms with Gasteiger partial charge in [-0.3, -0.25) is 4.79 Å². The molecule has 1 atom stereocenters. The number of carbonyl (C=O) groups excluding carboxylic acids is 1. The maximum atomic E-state index is 12.7. The lowest BCUT2D eigenvalue weighted by atomic mass is 9.83. The normalized spacial score (nSPS) is 21.2. The molecule has 2 fully saturated rings. The Labute approximate surface area is 156 Å². The minimum absolute atomic E-state index is 0. The summed E-state index contributed by atoms with van der Waals surface area (Å²) in [5.41, 5.74) is 7.61. The fourth-order valence-electron chi connectivity index (χ4n) is 4.07. The lowest BCUT2D eigenvalue weighted by molar-refractivity contribution is -0.135. The van der Waals surface area contributed by atoms with Crippen molar-refractivity contribution in [1.29, 1.82) is 0 Å². The predicted octanol–water partition coefficient (Wildman–Crippen LogP) is 4.38. The molecule has 1 unspecified atom stereocenters. The molecule has 2 N–H and O–H groups in total. The summed E-state index contributed by atoms with van der Waals surface area (Å²) in [6.07, 6.45) is 8.02. The number of hydrogen-bond donors (Lipinski definition) is 1. The van der Waals surface area contributed by atoms with Crippen LogP contribution in [0.3, 0.4) is 0 Å². The van der Waals surface area contributed by atoms with Gasteiger partial charge in [0, 0.05) is 18.1 Å². The van der Waals surface area contributed by atoms with Crippen LogP contribution in [0.4, 0.5) is 0 Å². The molecule has 1 heterocycles. The Balaban J connectivity index is 0.00000208. The van der Waals surface area contributed by atoms with E-state index in [1.165, 1.54) is 24.8 Å². The van der Waals surface area contributed by atoms with Crippen molar-refractivity contribution in [2.24, 2.45) is 11.7 Å². The van der Waals surface area contributed by atoms with Crippen LogP contribution in [0.2, 0.25) is 5.02 Å². The smallest absolute Gasteiger partial charge is 0.239 e. The van der Waals surface area contributed by atoms with Crippen LogP contribution in [0.5, 0.6) is 0 Å². The summed E-state index contributed by atoms with van der Waals surface area (Å²) in [6, 6.07) is 7.83. The summed E-state index contributed by atoms with van der Waals surface area (Å²) in [7, 11) is 0. The highest BCUT2D eigenvalue weighted by molar-refractivity contribution is 6.30. The molecule has 1 aromatic rings. The third-order valence-electron chi connectivity index (χ3n) is 5.59. The topological polar surface area (TPSA) is 46.3 Å². The number of piperidine rings is 1. The van der Waals surface area contributed by atoms with Gasteiger partial charge in [-0.15, -0.1) is 12.4 Å². The fourth-order valence-corrected chi connectivity index (χ4v) is 4.20. The Morgan fingerprint density at radius 3 is 2.21 bits per heavy atom. The maximum absolute atomic E-state index is 12.7. The number of nitrogens with two attached hydrogens (primary N) is 1. The molecule has 3 nitrogen and oxygen atoms in total. The van der Waals surface area contributed by atoms with Gasteiger partial charge in [0.05, 0.1) is 6.04 Å². The number of carbonyl (C=O) groups is 1. The Morgan fingerprint density at radius 1 is 1.04 bits per heavy atom. The molecule has 1 saturated carbocycles. The Bertz CT molecular complexity index is 521. The summed E-state index contributed by atoms with van der Waals surface area (Å²) >= 11 is 5.96. The van der Waals surface area contributed by atoms with E-state index in [1.807, 2.05) is 17.0 Å². The summed E-state index contributed by atoms with van der Waals surface area (Å²) in [5.74, 6) is 1.10. The van der Waals surface area contributed by atoms with Crippen LogP contribution in [-0.2, 0) is 4.79 Å². The molecule has 134 valence electrons. The molecule has 1 aliphatic heterocycles. The first-order valence-corrected chi connectivity index (χ1v) is 9.33. The number of amides is 1. The molecule has 0 spiro atoms. The van der Waals surface area contributed by atoms with E-state index in [0.717, 1.165) is 43.8 Å². The van der Waals surface area contributed by atoms with Gasteiger partial charge in [0.25, 0.3) is 0 Å². The highest BCUT2D eigenvalue weighted by atomic mass is 35.5. The zero-order valence-corrected chi connectivity index (χ0v) is 15.7. The zero-order valence-electron chi connectivity index (χ0n) is 14.1. The lowest BCUT2D eigenvalue weighted by Crippen LogP contribution is -2.50. The molecule has 1 amide bonds. The minimum Gasteiger partial charge on any atom is -0.341 e. The molecule has 2 aliphatic rings. The van der Waals surface area contributed by atoms with Crippen molar-refractivity contribution in [3.8, 4) is 0 Å². The van der Waals surface area contributed by atoms with Crippen molar-refractivity contribution in [1.82, 2.24) is 4.90 Å². The fraction of sp³-hybridized carbons (Fsp3) is 0.632. The zero-order chi connectivity index (χ0) is 16.2. The number of hydrogen-bond acceptors (Lipinski definition) is 2. The quantitative estimate of drug-likeness (QED) is 0.857. The van der Waals surface area contributed by atoms with Gasteiger partial charge in [0.2, 0.25) is 5.91 Å². The third kappa shape index (κ3) is 4.65. The average Bonchev–Trinajstić information content (AvgIpc) is 2.62. The SMILES string of the molecule is Cl.NC(C(=O)N1CCC(c2ccc(Cl)cc2)CC1)C1CCCCC1. The number of nitrogens with zero attached hydrogens (tertiary/aromatic N) is 1. The van der Waals surface area contributed by atoms with Crippen LogP contribution in [-0.4, -0.2) is 29.9 Å². The Kier molecular flexibility index (Phi) is 7.39. The van der Waals surface area contributed by atoms with Gasteiger partial charge in [-0.1, -0.05) is 43.0 Å². The number of halogens is 2. The lowest BCUT2D eigenvalue weighted by Gasteiger charge is -2.36. The number of benzene rings is 1. The second-order valence-electron chi connectivity index (χ2n) is 7.07. The van der Waals surface area contributed by atoms with Crippen molar-refractivity contribution < 1.29 is 4.79 Å². The minimum atomic E-state index is -0.289. The summed E-state index contributed by atoms with van der Waals surface area (Å²) in [4.78, 5) is 14.7. The van der Waals surface area contributed by atoms with E-state index in [4.69, 9.17) is 17.3 Å². The molecular formula is C19H28Cl2N2O. The summed E-state index contributed by atoms with van der Waals surface area (Å²) in [6.45, 7) is 1.65. The second-order valence-corrected chi connectivity index (χ2v) is 7.51. The van der Waals surface area contributed by atoms with Gasteiger partial charge in [-0.2, -0.15) is 0 Å². The first-order valence-electron chi connectivity index (χ1n) is 8.95. The molecule has 1 saturated heterocycles. The first-order chi connectivity index (χ1) is 11.1. The van der Waals surface area contributed by atoms with Crippen LogP contribution in [0.15, 0.2) is 24.3 Å². The van der Waals surface area contributed by atoms with Gasteiger partial charge in [0.1, 0.15) is 0 Å². The van der Waals surface area contributed by atoms with Crippen molar-refractivity contribution >= 4 is 29.9 Å². The predicted molar refractivity (Wildman–Crippen MR) is 102 cm³/mol. The van der Waals surface area contributed by atoms with Crippen LogP contribution < -0.4 is 5.73 Å². The Morgan fingerprint density at radius 2 is 1.62 bits per heavy atom. The van der Waals surface area contributed by atoms with Crippen LogP contribution >= 0.6 is 24.0 Å². The number of likely N-dealkylation sites (tertiary alicyclic amines) is 1. The van der Waals surface area contributed by atoms with Crippen molar-refractivity contribution in [3.05, 3.63) is 34.9 Å². The highest BCUT2D eigenvalue weighted by Crippen LogP contribution is 2.31. The van der Waals surface area contributed by atoms with Crippen LogP contribution in [0, 0.1) is 5.92 Å². The van der Waals surface area contributed by atoms with E-state index in [9.17, 15) is 4.79 Å². The van der Waals surface area contributed by atoms with Crippen molar-refractivity contribution in [2.75, 3.05) is 13.1 Å². The highest BCUT2D eigenvalue weighted by Gasteiger charge is 2.31. The molecular weight excluding hydrogens is 343 g/mol. The van der Waals surface area contributed by atoms with Gasteiger partial charge in [0.15, 0.2) is 0 Å². The standard InChI is InChI=1S/C19H27ClN2O.ClH/c20-17-8-6-14(7-9-17)15-10-12-22(13-11-15)19(23)18(21)16-4-2-1-3-5-16;/h6-9,15-16,18H,1-5,10-13,21H2;1H. The largest absolute Gasteiger partial charge is 0.341 e. The molecule has 0 aromatic heterocycles. The maximum Gasteiger partial charge on any atom is 0.239 e. The van der Waals surface area contributed by atoms with Crippen LogP contribution in [0.25, 0.3) is 0 Å². The van der Waals surface area contributed by atoms with Crippen molar-refractivity contribution in [3.63, 3.8) is 0 Å². The molecule has 3 rings (SSSR count). The molecule has 1 aromatic carbocycles. The molecule has 24 heavy (non-hydrogen) atoms. The van der Waals surface area contributed by atoms with E-state index in [2.05, 4.69) is 12.1 Å². The molecule has 1 aliphatic carbocycles.